The summed E-state index contributed by atoms with van der Waals surface area (Å²) < 4.78 is 0. The maximum Gasteiger partial charge on any atom is 0.308 e. The molecule has 3 rings (SSSR count). The fourth-order valence-corrected chi connectivity index (χ4v) is 5.61. The van der Waals surface area contributed by atoms with E-state index in [2.05, 4.69) is 24.0 Å². The van der Waals surface area contributed by atoms with Gasteiger partial charge in [0.1, 0.15) is 0 Å². The molecule has 2 aliphatic rings. The third-order valence-corrected chi connectivity index (χ3v) is 7.09. The molecule has 0 aliphatic carbocycles. The van der Waals surface area contributed by atoms with E-state index in [-0.39, 0.29) is 17.2 Å². The van der Waals surface area contributed by atoms with Gasteiger partial charge in [-0.2, -0.15) is 11.8 Å². The Morgan fingerprint density at radius 2 is 2.08 bits per heavy atom. The number of aryl methyl sites for hydroxylation is 1. The van der Waals surface area contributed by atoms with Crippen LogP contribution < -0.4 is 0 Å². The number of carbonyl (C=O) groups is 2. The van der Waals surface area contributed by atoms with Crippen molar-refractivity contribution in [1.82, 2.24) is 9.80 Å². The summed E-state index contributed by atoms with van der Waals surface area (Å²) in [6.45, 7) is 5.75. The highest BCUT2D eigenvalue weighted by molar-refractivity contribution is 7.99. The van der Waals surface area contributed by atoms with Gasteiger partial charge in [0.2, 0.25) is 5.91 Å². The molecule has 1 aromatic heterocycles. The Kier molecular flexibility index (Phi) is 5.75. The van der Waals surface area contributed by atoms with Gasteiger partial charge in [0.15, 0.2) is 0 Å². The molecule has 0 saturated carbocycles. The Morgan fingerprint density at radius 3 is 2.64 bits per heavy atom. The van der Waals surface area contributed by atoms with Crippen molar-refractivity contribution >= 4 is 35.0 Å². The lowest BCUT2D eigenvalue weighted by Gasteiger charge is -2.41. The van der Waals surface area contributed by atoms with Gasteiger partial charge < -0.3 is 10.0 Å². The van der Waals surface area contributed by atoms with Gasteiger partial charge in [0.25, 0.3) is 0 Å². The van der Waals surface area contributed by atoms with E-state index in [1.165, 1.54) is 9.75 Å². The monoisotopic (exact) mass is 382 g/mol. The maximum atomic E-state index is 12.1. The molecule has 2 fully saturated rings. The molecule has 2 aliphatic heterocycles. The quantitative estimate of drug-likeness (QED) is 0.848. The first-order chi connectivity index (χ1) is 11.9. The fraction of sp³-hybridized carbons (Fsp3) is 0.667. The molecular formula is C18H26N2O3S2. The Hall–Kier alpha value is -1.05. The van der Waals surface area contributed by atoms with Crippen LogP contribution in [0.2, 0.25) is 0 Å². The summed E-state index contributed by atoms with van der Waals surface area (Å²) in [5.74, 6) is -0.322. The van der Waals surface area contributed by atoms with Gasteiger partial charge in [-0.25, -0.2) is 0 Å². The maximum absolute atomic E-state index is 12.1. The molecule has 7 heteroatoms. The minimum Gasteiger partial charge on any atom is -0.481 e. The van der Waals surface area contributed by atoms with E-state index in [0.717, 1.165) is 25.9 Å². The van der Waals surface area contributed by atoms with Crippen LogP contribution in [0, 0.1) is 18.3 Å². The van der Waals surface area contributed by atoms with Gasteiger partial charge in [-0.15, -0.1) is 11.3 Å². The second kappa shape index (κ2) is 7.68. The number of carboxylic acids is 1. The first-order valence-corrected chi connectivity index (χ1v) is 10.9. The summed E-state index contributed by atoms with van der Waals surface area (Å²) in [7, 11) is 0. The van der Waals surface area contributed by atoms with E-state index >= 15 is 0 Å². The molecule has 2 saturated heterocycles. The first kappa shape index (κ1) is 18.7. The number of hydrogen-bond donors (Lipinski definition) is 1. The Morgan fingerprint density at radius 1 is 1.36 bits per heavy atom. The standard InChI is InChI=1S/C18H26N2O3S2/c1-13-3-4-14(25-13)9-19-10-15(17(22)23)18(12-19)5-7-20(8-6-18)16(21)11-24-2/h3-4,15H,5-12H2,1-2H3,(H,22,23). The van der Waals surface area contributed by atoms with E-state index in [0.29, 0.717) is 25.4 Å². The van der Waals surface area contributed by atoms with Gasteiger partial charge in [-0.3, -0.25) is 14.5 Å². The number of hydrogen-bond acceptors (Lipinski definition) is 5. The smallest absolute Gasteiger partial charge is 0.308 e. The van der Waals surface area contributed by atoms with Crippen molar-refractivity contribution in [3.05, 3.63) is 21.9 Å². The van der Waals surface area contributed by atoms with Gasteiger partial charge >= 0.3 is 5.97 Å². The molecular weight excluding hydrogens is 356 g/mol. The van der Waals surface area contributed by atoms with Crippen molar-refractivity contribution in [1.29, 1.82) is 0 Å². The second-order valence-corrected chi connectivity index (χ2v) is 9.49. The third-order valence-electron chi connectivity index (χ3n) is 5.57. The highest BCUT2D eigenvalue weighted by atomic mass is 32.2. The van der Waals surface area contributed by atoms with Gasteiger partial charge in [-0.05, 0) is 38.2 Å². The molecule has 1 N–H and O–H groups in total. The van der Waals surface area contributed by atoms with Crippen LogP contribution >= 0.6 is 23.1 Å². The normalized spacial score (nSPS) is 23.3. The summed E-state index contributed by atoms with van der Waals surface area (Å²) >= 11 is 3.33. The first-order valence-electron chi connectivity index (χ1n) is 8.71. The Labute approximate surface area is 157 Å². The average molecular weight is 383 g/mol. The molecule has 1 spiro atoms. The lowest BCUT2D eigenvalue weighted by molar-refractivity contribution is -0.146. The number of carboxylic acid groups (broad SMARTS) is 1. The summed E-state index contributed by atoms with van der Waals surface area (Å²) in [4.78, 5) is 30.8. The predicted molar refractivity (Wildman–Crippen MR) is 102 cm³/mol. The molecule has 0 bridgehead atoms. The molecule has 25 heavy (non-hydrogen) atoms. The lowest BCUT2D eigenvalue weighted by atomic mass is 9.71. The van der Waals surface area contributed by atoms with E-state index < -0.39 is 5.97 Å². The van der Waals surface area contributed by atoms with Crippen molar-refractivity contribution in [2.24, 2.45) is 11.3 Å². The number of carbonyl (C=O) groups excluding carboxylic acids is 1. The number of thioether (sulfide) groups is 1. The second-order valence-electron chi connectivity index (χ2n) is 7.25. The van der Waals surface area contributed by atoms with Crippen molar-refractivity contribution < 1.29 is 14.7 Å². The molecule has 138 valence electrons. The Balaban J connectivity index is 1.67. The van der Waals surface area contributed by atoms with E-state index in [1.807, 2.05) is 11.2 Å². The van der Waals surface area contributed by atoms with Crippen molar-refractivity contribution in [2.75, 3.05) is 38.2 Å². The summed E-state index contributed by atoms with van der Waals surface area (Å²) in [6, 6.07) is 4.26. The molecule has 0 aromatic carbocycles. The average Bonchev–Trinajstić information content (AvgIpc) is 3.12. The summed E-state index contributed by atoms with van der Waals surface area (Å²) in [5.41, 5.74) is -0.186. The summed E-state index contributed by atoms with van der Waals surface area (Å²) in [5, 5.41) is 9.77. The van der Waals surface area contributed by atoms with Gasteiger partial charge in [-0.1, -0.05) is 0 Å². The number of amides is 1. The highest BCUT2D eigenvalue weighted by Crippen LogP contribution is 2.45. The number of rotatable bonds is 5. The van der Waals surface area contributed by atoms with Crippen LogP contribution in [0.5, 0.6) is 0 Å². The predicted octanol–water partition coefficient (Wildman–Crippen LogP) is 2.54. The molecule has 1 atom stereocenters. The molecule has 1 unspecified atom stereocenters. The van der Waals surface area contributed by atoms with Crippen molar-refractivity contribution in [3.8, 4) is 0 Å². The molecule has 3 heterocycles. The van der Waals surface area contributed by atoms with Crippen LogP contribution in [0.4, 0.5) is 0 Å². The highest BCUT2D eigenvalue weighted by Gasteiger charge is 2.51. The van der Waals surface area contributed by atoms with Crippen LogP contribution in [0.3, 0.4) is 0 Å². The SMILES string of the molecule is CSCC(=O)N1CCC2(CC1)CN(Cc1ccc(C)s1)CC2C(=O)O. The number of aliphatic carboxylic acids is 1. The lowest BCUT2D eigenvalue weighted by Crippen LogP contribution is -2.48. The number of thiophene rings is 1. The molecule has 5 nitrogen and oxygen atoms in total. The topological polar surface area (TPSA) is 60.9 Å². The zero-order chi connectivity index (χ0) is 18.0. The minimum absolute atomic E-state index is 0.179. The van der Waals surface area contributed by atoms with Crippen LogP contribution in [-0.4, -0.2) is 65.0 Å². The van der Waals surface area contributed by atoms with Gasteiger partial charge in [0.05, 0.1) is 11.7 Å². The number of likely N-dealkylation sites (tertiary alicyclic amines) is 2. The van der Waals surface area contributed by atoms with Crippen LogP contribution in [-0.2, 0) is 16.1 Å². The molecule has 1 amide bonds. The number of nitrogens with zero attached hydrogens (tertiary/aromatic N) is 2. The number of piperidine rings is 1. The zero-order valence-electron chi connectivity index (χ0n) is 14.9. The van der Waals surface area contributed by atoms with Crippen LogP contribution in [0.25, 0.3) is 0 Å². The molecule has 1 aromatic rings. The van der Waals surface area contributed by atoms with E-state index in [1.54, 1.807) is 23.1 Å². The van der Waals surface area contributed by atoms with E-state index in [4.69, 9.17) is 0 Å². The van der Waals surface area contributed by atoms with Crippen LogP contribution in [0.1, 0.15) is 22.6 Å². The van der Waals surface area contributed by atoms with Crippen molar-refractivity contribution in [2.45, 2.75) is 26.3 Å². The third kappa shape index (κ3) is 4.04. The zero-order valence-corrected chi connectivity index (χ0v) is 16.5. The minimum atomic E-state index is -0.686. The Bertz CT molecular complexity index is 638. The van der Waals surface area contributed by atoms with Crippen molar-refractivity contribution in [3.63, 3.8) is 0 Å². The van der Waals surface area contributed by atoms with E-state index in [9.17, 15) is 14.7 Å². The fourth-order valence-electron chi connectivity index (χ4n) is 4.25. The summed E-state index contributed by atoms with van der Waals surface area (Å²) in [6.07, 6.45) is 3.53. The molecule has 0 radical (unpaired) electrons. The van der Waals surface area contributed by atoms with Crippen LogP contribution in [0.15, 0.2) is 12.1 Å². The van der Waals surface area contributed by atoms with Gasteiger partial charge in [0, 0.05) is 47.9 Å². The largest absolute Gasteiger partial charge is 0.481 e.